The van der Waals surface area contributed by atoms with E-state index in [9.17, 15) is 0 Å². The molecule has 2 saturated heterocycles. The molecule has 4 rings (SSSR count). The molecule has 0 bridgehead atoms. The van der Waals surface area contributed by atoms with E-state index in [1.54, 1.807) is 7.11 Å². The van der Waals surface area contributed by atoms with Gasteiger partial charge in [-0.1, -0.05) is 36.4 Å². The van der Waals surface area contributed by atoms with Crippen molar-refractivity contribution < 1.29 is 34.0 Å². The van der Waals surface area contributed by atoms with Crippen LogP contribution in [0.4, 0.5) is 0 Å². The van der Waals surface area contributed by atoms with Gasteiger partial charge in [0.05, 0.1) is 19.3 Å². The van der Waals surface area contributed by atoms with Gasteiger partial charge in [-0.3, -0.25) is 9.80 Å². The summed E-state index contributed by atoms with van der Waals surface area (Å²) in [6, 6.07) is 17.3. The van der Waals surface area contributed by atoms with Crippen LogP contribution in [0.15, 0.2) is 48.5 Å². The van der Waals surface area contributed by atoms with Crippen LogP contribution in [0, 0.1) is 0 Å². The van der Waals surface area contributed by atoms with Crippen molar-refractivity contribution >= 4 is 11.9 Å². The van der Waals surface area contributed by atoms with Crippen LogP contribution in [0.3, 0.4) is 0 Å². The van der Waals surface area contributed by atoms with Crippen LogP contribution >= 0.6 is 0 Å². The molecular weight excluding hydrogens is 476 g/mol. The maximum absolute atomic E-state index is 9.10. The van der Waals surface area contributed by atoms with Crippen molar-refractivity contribution in [2.45, 2.75) is 58.1 Å². The quantitative estimate of drug-likeness (QED) is 0.537. The number of ether oxygens (including phenoxy) is 3. The van der Waals surface area contributed by atoms with E-state index in [0.717, 1.165) is 49.8 Å². The van der Waals surface area contributed by atoms with Gasteiger partial charge in [-0.05, 0) is 63.0 Å². The number of carboxylic acids is 2. The highest BCUT2D eigenvalue weighted by molar-refractivity contribution is 6.27. The molecular formula is C28H38N2O7. The van der Waals surface area contributed by atoms with Crippen LogP contribution in [-0.4, -0.2) is 83.5 Å². The first-order valence-corrected chi connectivity index (χ1v) is 12.7. The first kappa shape index (κ1) is 28.4. The Balaban J connectivity index is 0.000000568. The van der Waals surface area contributed by atoms with Crippen molar-refractivity contribution in [2.24, 2.45) is 0 Å². The fourth-order valence-corrected chi connectivity index (χ4v) is 4.88. The second-order valence-electron chi connectivity index (χ2n) is 9.59. The molecule has 0 spiro atoms. The number of morpholine rings is 1. The Labute approximate surface area is 218 Å². The fraction of sp³-hybridized carbons (Fsp3) is 0.500. The summed E-state index contributed by atoms with van der Waals surface area (Å²) in [5.41, 5.74) is 2.43. The number of benzene rings is 2. The molecule has 2 aliphatic rings. The molecule has 9 heteroatoms. The summed E-state index contributed by atoms with van der Waals surface area (Å²) >= 11 is 0. The first-order valence-electron chi connectivity index (χ1n) is 12.7. The van der Waals surface area contributed by atoms with Gasteiger partial charge >= 0.3 is 11.9 Å². The molecule has 0 aliphatic carbocycles. The standard InChI is InChI=1S/C26H36N2O3.C2H2O4/c1-20-16-28(17-21(2)31-20)24-11-13-27(14-12-24)18-23-9-10-25(29-3)26(15-23)30-19-22-7-5-4-6-8-22;3-1(4)2(5)6/h4-10,15,20-21,24H,11-14,16-19H2,1-3H3;(H,3,4)(H,5,6). The predicted octanol–water partition coefficient (Wildman–Crippen LogP) is 3.50. The minimum absolute atomic E-state index is 0.343. The highest BCUT2D eigenvalue weighted by Gasteiger charge is 2.30. The van der Waals surface area contributed by atoms with E-state index < -0.39 is 11.9 Å². The average molecular weight is 515 g/mol. The summed E-state index contributed by atoms with van der Waals surface area (Å²) in [5, 5.41) is 14.8. The highest BCUT2D eigenvalue weighted by Crippen LogP contribution is 2.30. The van der Waals surface area contributed by atoms with Gasteiger partial charge in [-0.2, -0.15) is 0 Å². The highest BCUT2D eigenvalue weighted by atomic mass is 16.5. The van der Waals surface area contributed by atoms with Crippen molar-refractivity contribution in [3.8, 4) is 11.5 Å². The number of methoxy groups -OCH3 is 1. The van der Waals surface area contributed by atoms with Crippen LogP contribution in [0.1, 0.15) is 37.8 Å². The normalized spacial score (nSPS) is 20.9. The van der Waals surface area contributed by atoms with Gasteiger partial charge in [0, 0.05) is 25.7 Å². The van der Waals surface area contributed by atoms with E-state index in [1.165, 1.54) is 18.4 Å². The third-order valence-corrected chi connectivity index (χ3v) is 6.58. The minimum atomic E-state index is -1.82. The Kier molecular flexibility index (Phi) is 10.7. The lowest BCUT2D eigenvalue weighted by Gasteiger charge is -2.43. The summed E-state index contributed by atoms with van der Waals surface area (Å²) in [5.74, 6) is -2.05. The second kappa shape index (κ2) is 14.0. The molecule has 37 heavy (non-hydrogen) atoms. The lowest BCUT2D eigenvalue weighted by molar-refractivity contribution is -0.159. The molecule has 0 saturated carbocycles. The molecule has 2 aliphatic heterocycles. The monoisotopic (exact) mass is 514 g/mol. The van der Waals surface area contributed by atoms with Gasteiger partial charge in [0.1, 0.15) is 6.61 Å². The number of likely N-dealkylation sites (tertiary alicyclic amines) is 1. The van der Waals surface area contributed by atoms with E-state index in [1.807, 2.05) is 24.3 Å². The number of piperidine rings is 1. The molecule has 2 aromatic rings. The maximum atomic E-state index is 9.10. The lowest BCUT2D eigenvalue weighted by atomic mass is 10.0. The van der Waals surface area contributed by atoms with Crippen molar-refractivity contribution in [2.75, 3.05) is 33.3 Å². The smallest absolute Gasteiger partial charge is 0.414 e. The summed E-state index contributed by atoms with van der Waals surface area (Å²) in [6.45, 7) is 10.3. The predicted molar refractivity (Wildman–Crippen MR) is 139 cm³/mol. The first-order chi connectivity index (χ1) is 17.7. The van der Waals surface area contributed by atoms with Crippen LogP contribution in [0.25, 0.3) is 0 Å². The van der Waals surface area contributed by atoms with Gasteiger partial charge in [0.25, 0.3) is 0 Å². The number of hydrogen-bond acceptors (Lipinski definition) is 7. The molecule has 2 atom stereocenters. The topological polar surface area (TPSA) is 109 Å². The summed E-state index contributed by atoms with van der Waals surface area (Å²) in [6.07, 6.45) is 3.14. The molecule has 2 N–H and O–H groups in total. The number of hydrogen-bond donors (Lipinski definition) is 2. The van der Waals surface area contributed by atoms with Crippen molar-refractivity contribution in [3.63, 3.8) is 0 Å². The van der Waals surface area contributed by atoms with Crippen LogP contribution in [-0.2, 0) is 27.5 Å². The summed E-state index contributed by atoms with van der Waals surface area (Å²) in [4.78, 5) is 23.4. The third-order valence-electron chi connectivity index (χ3n) is 6.58. The van der Waals surface area contributed by atoms with Gasteiger partial charge < -0.3 is 24.4 Å². The zero-order chi connectivity index (χ0) is 26.8. The van der Waals surface area contributed by atoms with Crippen molar-refractivity contribution in [3.05, 3.63) is 59.7 Å². The van der Waals surface area contributed by atoms with E-state index in [2.05, 4.69) is 47.9 Å². The van der Waals surface area contributed by atoms with Crippen LogP contribution in [0.2, 0.25) is 0 Å². The van der Waals surface area contributed by atoms with Gasteiger partial charge in [-0.25, -0.2) is 9.59 Å². The molecule has 9 nitrogen and oxygen atoms in total. The molecule has 2 unspecified atom stereocenters. The minimum Gasteiger partial charge on any atom is -0.493 e. The van der Waals surface area contributed by atoms with Gasteiger partial charge in [-0.15, -0.1) is 0 Å². The summed E-state index contributed by atoms with van der Waals surface area (Å²) < 4.78 is 17.5. The zero-order valence-electron chi connectivity index (χ0n) is 21.8. The zero-order valence-corrected chi connectivity index (χ0v) is 21.8. The van der Waals surface area contributed by atoms with Crippen LogP contribution < -0.4 is 9.47 Å². The Morgan fingerprint density at radius 1 is 0.919 bits per heavy atom. The van der Waals surface area contributed by atoms with Gasteiger partial charge in [0.15, 0.2) is 11.5 Å². The van der Waals surface area contributed by atoms with Crippen molar-refractivity contribution in [1.29, 1.82) is 0 Å². The third kappa shape index (κ3) is 9.03. The van der Waals surface area contributed by atoms with Crippen molar-refractivity contribution in [1.82, 2.24) is 9.80 Å². The molecule has 202 valence electrons. The Bertz CT molecular complexity index is 987. The lowest BCUT2D eigenvalue weighted by Crippen LogP contribution is -2.53. The molecule has 2 fully saturated rings. The summed E-state index contributed by atoms with van der Waals surface area (Å²) in [7, 11) is 1.70. The number of carboxylic acid groups (broad SMARTS) is 2. The molecule has 0 radical (unpaired) electrons. The second-order valence-corrected chi connectivity index (χ2v) is 9.59. The Hall–Kier alpha value is -3.14. The molecule has 2 heterocycles. The van der Waals surface area contributed by atoms with E-state index in [-0.39, 0.29) is 0 Å². The maximum Gasteiger partial charge on any atom is 0.414 e. The molecule has 0 amide bonds. The van der Waals surface area contributed by atoms with E-state index in [0.29, 0.717) is 24.9 Å². The molecule has 2 aromatic carbocycles. The van der Waals surface area contributed by atoms with E-state index in [4.69, 9.17) is 34.0 Å². The fourth-order valence-electron chi connectivity index (χ4n) is 4.88. The Morgan fingerprint density at radius 2 is 1.54 bits per heavy atom. The molecule has 0 aromatic heterocycles. The largest absolute Gasteiger partial charge is 0.493 e. The average Bonchev–Trinajstić information content (AvgIpc) is 2.88. The van der Waals surface area contributed by atoms with Gasteiger partial charge in [0.2, 0.25) is 0 Å². The Morgan fingerprint density at radius 3 is 2.11 bits per heavy atom. The SMILES string of the molecule is COc1ccc(CN2CCC(N3CC(C)OC(C)C3)CC2)cc1OCc1ccccc1.O=C(O)C(=O)O. The number of carbonyl (C=O) groups is 2. The number of nitrogens with zero attached hydrogens (tertiary/aromatic N) is 2. The van der Waals surface area contributed by atoms with Crippen LogP contribution in [0.5, 0.6) is 11.5 Å². The number of rotatable bonds is 7. The van der Waals surface area contributed by atoms with E-state index >= 15 is 0 Å². The number of aliphatic carboxylic acids is 2.